The van der Waals surface area contributed by atoms with Crippen LogP contribution in [0, 0.1) is 0 Å². The van der Waals surface area contributed by atoms with Crippen LogP contribution in [0.2, 0.25) is 0 Å². The van der Waals surface area contributed by atoms with Crippen molar-refractivity contribution in [3.63, 3.8) is 0 Å². The summed E-state index contributed by atoms with van der Waals surface area (Å²) in [6, 6.07) is 8.76. The Morgan fingerprint density at radius 2 is 1.79 bits per heavy atom. The van der Waals surface area contributed by atoms with Gasteiger partial charge in [0.15, 0.2) is 0 Å². The number of nitrogens with zero attached hydrogens (tertiary/aromatic N) is 2. The highest BCUT2D eigenvalue weighted by molar-refractivity contribution is 5.86. The molecule has 0 aliphatic carbocycles. The Hall–Kier alpha value is -2.08. The molecule has 2 atom stereocenters. The zero-order valence-electron chi connectivity index (χ0n) is 13.8. The van der Waals surface area contributed by atoms with Crippen LogP contribution >= 0.6 is 0 Å². The fourth-order valence-electron chi connectivity index (χ4n) is 3.40. The predicted octanol–water partition coefficient (Wildman–Crippen LogP) is 2.12. The number of aliphatic hydroxyl groups excluding tert-OH is 1. The lowest BCUT2D eigenvalue weighted by molar-refractivity contribution is -0.138. The van der Waals surface area contributed by atoms with E-state index in [9.17, 15) is 14.7 Å². The van der Waals surface area contributed by atoms with Gasteiger partial charge in [-0.05, 0) is 37.7 Å². The number of aliphatic hydroxyl groups is 1. The summed E-state index contributed by atoms with van der Waals surface area (Å²) in [7, 11) is 0. The third-order valence-corrected chi connectivity index (χ3v) is 4.72. The topological polar surface area (TPSA) is 70.1 Å². The minimum Gasteiger partial charge on any atom is -0.444 e. The fourth-order valence-corrected chi connectivity index (χ4v) is 3.40. The van der Waals surface area contributed by atoms with Crippen LogP contribution in [0.1, 0.15) is 37.7 Å². The van der Waals surface area contributed by atoms with Crippen molar-refractivity contribution in [1.82, 2.24) is 9.80 Å². The lowest BCUT2D eigenvalue weighted by Crippen LogP contribution is -2.51. The first-order valence-corrected chi connectivity index (χ1v) is 8.62. The van der Waals surface area contributed by atoms with E-state index in [1.54, 1.807) is 0 Å². The number of ether oxygens (including phenoxy) is 1. The third-order valence-electron chi connectivity index (χ3n) is 4.72. The SMILES string of the molecule is O=C(C1CCC(O)N1C(=O)OCc1ccccc1)N1CCCCC1. The number of benzene rings is 1. The van der Waals surface area contributed by atoms with Gasteiger partial charge < -0.3 is 14.7 Å². The second kappa shape index (κ2) is 7.66. The number of hydrogen-bond acceptors (Lipinski definition) is 4. The van der Waals surface area contributed by atoms with Gasteiger partial charge >= 0.3 is 6.09 Å². The molecule has 6 nitrogen and oxygen atoms in total. The molecule has 3 rings (SSSR count). The molecule has 2 saturated heterocycles. The van der Waals surface area contributed by atoms with Gasteiger partial charge in [-0.25, -0.2) is 4.79 Å². The third kappa shape index (κ3) is 3.70. The molecule has 1 aromatic rings. The molecule has 2 heterocycles. The smallest absolute Gasteiger partial charge is 0.412 e. The molecule has 2 unspecified atom stereocenters. The first-order valence-electron chi connectivity index (χ1n) is 8.62. The van der Waals surface area contributed by atoms with E-state index in [4.69, 9.17) is 4.74 Å². The summed E-state index contributed by atoms with van der Waals surface area (Å²) in [6.07, 6.45) is 2.45. The minimum absolute atomic E-state index is 0.0667. The second-order valence-corrected chi connectivity index (χ2v) is 6.41. The number of rotatable bonds is 3. The van der Waals surface area contributed by atoms with Gasteiger partial charge in [0.2, 0.25) is 5.91 Å². The predicted molar refractivity (Wildman–Crippen MR) is 87.9 cm³/mol. The average Bonchev–Trinajstić information content (AvgIpc) is 3.02. The summed E-state index contributed by atoms with van der Waals surface area (Å²) in [4.78, 5) is 28.1. The van der Waals surface area contributed by atoms with Crippen LogP contribution in [0.5, 0.6) is 0 Å². The minimum atomic E-state index is -0.952. The van der Waals surface area contributed by atoms with Crippen LogP contribution in [-0.2, 0) is 16.1 Å². The second-order valence-electron chi connectivity index (χ2n) is 6.41. The first-order chi connectivity index (χ1) is 11.7. The van der Waals surface area contributed by atoms with E-state index in [-0.39, 0.29) is 12.5 Å². The molecule has 2 amide bonds. The largest absolute Gasteiger partial charge is 0.444 e. The molecular weight excluding hydrogens is 308 g/mol. The molecule has 130 valence electrons. The van der Waals surface area contributed by atoms with E-state index in [0.717, 1.165) is 37.9 Å². The van der Waals surface area contributed by atoms with Crippen LogP contribution < -0.4 is 0 Å². The van der Waals surface area contributed by atoms with E-state index in [2.05, 4.69) is 0 Å². The summed E-state index contributed by atoms with van der Waals surface area (Å²) in [5.74, 6) is -0.0667. The van der Waals surface area contributed by atoms with E-state index >= 15 is 0 Å². The molecule has 0 radical (unpaired) electrons. The molecule has 0 saturated carbocycles. The molecule has 1 aromatic carbocycles. The maximum Gasteiger partial charge on any atom is 0.412 e. The Bertz CT molecular complexity index is 572. The molecule has 2 fully saturated rings. The van der Waals surface area contributed by atoms with Crippen LogP contribution in [-0.4, -0.2) is 52.3 Å². The van der Waals surface area contributed by atoms with E-state index < -0.39 is 18.4 Å². The molecule has 24 heavy (non-hydrogen) atoms. The van der Waals surface area contributed by atoms with Crippen LogP contribution in [0.25, 0.3) is 0 Å². The number of likely N-dealkylation sites (tertiary alicyclic amines) is 2. The van der Waals surface area contributed by atoms with Crippen LogP contribution in [0.3, 0.4) is 0 Å². The molecule has 0 spiro atoms. The van der Waals surface area contributed by atoms with Crippen molar-refractivity contribution < 1.29 is 19.4 Å². The molecule has 2 aliphatic heterocycles. The number of amides is 2. The normalized spacial score (nSPS) is 24.0. The van der Waals surface area contributed by atoms with Crippen molar-refractivity contribution in [2.45, 2.75) is 51.0 Å². The highest BCUT2D eigenvalue weighted by Crippen LogP contribution is 2.26. The summed E-state index contributed by atoms with van der Waals surface area (Å²) in [5.41, 5.74) is 0.874. The Kier molecular flexibility index (Phi) is 5.35. The maximum absolute atomic E-state index is 12.7. The summed E-state index contributed by atoms with van der Waals surface area (Å²) < 4.78 is 5.31. The maximum atomic E-state index is 12.7. The van der Waals surface area contributed by atoms with Gasteiger partial charge in [-0.3, -0.25) is 9.69 Å². The van der Waals surface area contributed by atoms with E-state index in [1.165, 1.54) is 4.90 Å². The van der Waals surface area contributed by atoms with Crippen molar-refractivity contribution in [2.75, 3.05) is 13.1 Å². The van der Waals surface area contributed by atoms with Crippen LogP contribution in [0.4, 0.5) is 4.79 Å². The molecule has 0 aromatic heterocycles. The number of hydrogen-bond donors (Lipinski definition) is 1. The Morgan fingerprint density at radius 3 is 2.50 bits per heavy atom. The number of carbonyl (C=O) groups excluding carboxylic acids is 2. The molecule has 2 aliphatic rings. The van der Waals surface area contributed by atoms with Gasteiger partial charge in [0.05, 0.1) is 0 Å². The van der Waals surface area contributed by atoms with Gasteiger partial charge in [-0.15, -0.1) is 0 Å². The van der Waals surface area contributed by atoms with Crippen molar-refractivity contribution in [3.8, 4) is 0 Å². The van der Waals surface area contributed by atoms with Gasteiger partial charge in [0.1, 0.15) is 18.9 Å². The van der Waals surface area contributed by atoms with Crippen molar-refractivity contribution in [1.29, 1.82) is 0 Å². The van der Waals surface area contributed by atoms with Gasteiger partial charge in [-0.1, -0.05) is 30.3 Å². The number of piperidine rings is 1. The molecule has 6 heteroatoms. The Labute approximate surface area is 142 Å². The monoisotopic (exact) mass is 332 g/mol. The Morgan fingerprint density at radius 1 is 1.08 bits per heavy atom. The fraction of sp³-hybridized carbons (Fsp3) is 0.556. The molecule has 1 N–H and O–H groups in total. The molecule has 0 bridgehead atoms. The lowest BCUT2D eigenvalue weighted by Gasteiger charge is -2.33. The quantitative estimate of drug-likeness (QED) is 0.920. The molecular formula is C18H24N2O4. The summed E-state index contributed by atoms with van der Waals surface area (Å²) in [5, 5.41) is 10.1. The summed E-state index contributed by atoms with van der Waals surface area (Å²) in [6.45, 7) is 1.60. The number of carbonyl (C=O) groups is 2. The standard InChI is InChI=1S/C18H24N2O4/c21-16-10-9-15(17(22)19-11-5-2-6-12-19)20(16)18(23)24-13-14-7-3-1-4-8-14/h1,3-4,7-8,15-16,21H,2,5-6,9-13H2. The lowest BCUT2D eigenvalue weighted by atomic mass is 10.1. The highest BCUT2D eigenvalue weighted by atomic mass is 16.6. The van der Waals surface area contributed by atoms with Gasteiger partial charge in [0, 0.05) is 13.1 Å². The van der Waals surface area contributed by atoms with Gasteiger partial charge in [-0.2, -0.15) is 0 Å². The van der Waals surface area contributed by atoms with E-state index in [1.807, 2.05) is 35.2 Å². The van der Waals surface area contributed by atoms with Crippen molar-refractivity contribution >= 4 is 12.0 Å². The van der Waals surface area contributed by atoms with Crippen molar-refractivity contribution in [3.05, 3.63) is 35.9 Å². The van der Waals surface area contributed by atoms with Gasteiger partial charge in [0.25, 0.3) is 0 Å². The van der Waals surface area contributed by atoms with Crippen molar-refractivity contribution in [2.24, 2.45) is 0 Å². The zero-order chi connectivity index (χ0) is 16.9. The first kappa shape index (κ1) is 16.8. The van der Waals surface area contributed by atoms with E-state index in [0.29, 0.717) is 12.8 Å². The van der Waals surface area contributed by atoms with Crippen LogP contribution in [0.15, 0.2) is 30.3 Å². The summed E-state index contributed by atoms with van der Waals surface area (Å²) >= 11 is 0. The average molecular weight is 332 g/mol. The Balaban J connectivity index is 1.62. The highest BCUT2D eigenvalue weighted by Gasteiger charge is 2.42. The zero-order valence-corrected chi connectivity index (χ0v) is 13.8.